The maximum Gasteiger partial charge on any atom is 0.225 e. The third-order valence-electron chi connectivity index (χ3n) is 5.70. The molecule has 0 atom stereocenters. The third-order valence-corrected chi connectivity index (χ3v) is 5.99. The van der Waals surface area contributed by atoms with E-state index >= 15 is 0 Å². The van der Waals surface area contributed by atoms with E-state index in [1.807, 2.05) is 4.90 Å². The van der Waals surface area contributed by atoms with Crippen LogP contribution in [0.15, 0.2) is 18.2 Å². The second-order valence-corrected chi connectivity index (χ2v) is 8.28. The molecule has 1 amide bonds. The van der Waals surface area contributed by atoms with Crippen LogP contribution >= 0.6 is 11.6 Å². The molecule has 1 heterocycles. The van der Waals surface area contributed by atoms with Crippen molar-refractivity contribution in [2.75, 3.05) is 19.7 Å². The van der Waals surface area contributed by atoms with Gasteiger partial charge in [0.25, 0.3) is 0 Å². The highest BCUT2D eigenvalue weighted by Gasteiger charge is 2.45. The minimum atomic E-state index is -0.370. The minimum absolute atomic E-state index is 0.109. The molecule has 0 aromatic heterocycles. The lowest BCUT2D eigenvalue weighted by molar-refractivity contribution is -0.142. The summed E-state index contributed by atoms with van der Waals surface area (Å²) in [4.78, 5) is 14.6. The van der Waals surface area contributed by atoms with E-state index in [1.165, 1.54) is 12.1 Å². The summed E-state index contributed by atoms with van der Waals surface area (Å²) in [5, 5.41) is 0.292. The number of carbonyl (C=O) groups is 1. The summed E-state index contributed by atoms with van der Waals surface area (Å²) < 4.78 is 18.8. The van der Waals surface area contributed by atoms with E-state index < -0.39 is 0 Å². The van der Waals surface area contributed by atoms with E-state index in [1.54, 1.807) is 6.07 Å². The average Bonchev–Trinajstić information content (AvgIpc) is 2.59. The Labute approximate surface area is 159 Å². The molecule has 4 nitrogen and oxygen atoms in total. The molecule has 1 aliphatic carbocycles. The van der Waals surface area contributed by atoms with Gasteiger partial charge in [0.2, 0.25) is 5.91 Å². The smallest absolute Gasteiger partial charge is 0.225 e. The first kappa shape index (κ1) is 19.4. The number of benzene rings is 1. The van der Waals surface area contributed by atoms with Gasteiger partial charge < -0.3 is 15.4 Å². The lowest BCUT2D eigenvalue weighted by Gasteiger charge is -2.46. The van der Waals surface area contributed by atoms with Crippen molar-refractivity contribution in [3.05, 3.63) is 29.0 Å². The van der Waals surface area contributed by atoms with E-state index in [0.29, 0.717) is 23.3 Å². The highest BCUT2D eigenvalue weighted by molar-refractivity contribution is 6.32. The fourth-order valence-corrected chi connectivity index (χ4v) is 4.40. The number of halogens is 2. The summed E-state index contributed by atoms with van der Waals surface area (Å²) >= 11 is 5.99. The Morgan fingerprint density at radius 3 is 2.69 bits per heavy atom. The zero-order valence-electron chi connectivity index (χ0n) is 15.3. The second-order valence-electron chi connectivity index (χ2n) is 7.87. The molecule has 1 aromatic rings. The molecular formula is C20H28ClFN2O2. The molecular weight excluding hydrogens is 355 g/mol. The molecule has 2 fully saturated rings. The van der Waals surface area contributed by atoms with Crippen molar-refractivity contribution in [1.29, 1.82) is 0 Å². The largest absolute Gasteiger partial charge is 0.492 e. The number of carbonyl (C=O) groups excluding carboxylic acids is 1. The zero-order chi connectivity index (χ0) is 18.7. The van der Waals surface area contributed by atoms with E-state index in [-0.39, 0.29) is 23.2 Å². The van der Waals surface area contributed by atoms with Crippen LogP contribution in [0.2, 0.25) is 5.02 Å². The topological polar surface area (TPSA) is 55.6 Å². The lowest BCUT2D eigenvalue weighted by Crippen LogP contribution is -2.57. The number of rotatable bonds is 6. The highest BCUT2D eigenvalue weighted by Crippen LogP contribution is 2.40. The summed E-state index contributed by atoms with van der Waals surface area (Å²) in [5.41, 5.74) is 6.17. The summed E-state index contributed by atoms with van der Waals surface area (Å²) in [6.07, 6.45) is 5.56. The summed E-state index contributed by atoms with van der Waals surface area (Å²) in [6, 6.07) is 4.16. The van der Waals surface area contributed by atoms with Gasteiger partial charge in [0.1, 0.15) is 11.6 Å². The van der Waals surface area contributed by atoms with E-state index in [2.05, 4.69) is 6.92 Å². The summed E-state index contributed by atoms with van der Waals surface area (Å²) in [5.74, 6) is 0.901. The number of amides is 1. The number of hydrogen-bond donors (Lipinski definition) is 1. The molecule has 0 bridgehead atoms. The first-order chi connectivity index (χ1) is 12.4. The van der Waals surface area contributed by atoms with Gasteiger partial charge in [-0.1, -0.05) is 24.9 Å². The molecule has 1 aromatic carbocycles. The normalized spacial score (nSPS) is 26.5. The number of ether oxygens (including phenoxy) is 1. The van der Waals surface area contributed by atoms with Crippen LogP contribution in [-0.4, -0.2) is 36.0 Å². The van der Waals surface area contributed by atoms with Crippen LogP contribution in [0.1, 0.15) is 45.4 Å². The fraction of sp³-hybridized carbons (Fsp3) is 0.650. The van der Waals surface area contributed by atoms with Gasteiger partial charge in [-0.15, -0.1) is 0 Å². The second kappa shape index (κ2) is 8.13. The van der Waals surface area contributed by atoms with Crippen LogP contribution in [0.25, 0.3) is 0 Å². The Balaban J connectivity index is 1.41. The number of hydrogen-bond acceptors (Lipinski definition) is 3. The van der Waals surface area contributed by atoms with Gasteiger partial charge in [0.05, 0.1) is 11.6 Å². The molecule has 0 unspecified atom stereocenters. The molecule has 144 valence electrons. The zero-order valence-corrected chi connectivity index (χ0v) is 16.1. The number of nitrogens with two attached hydrogens (primary N) is 1. The minimum Gasteiger partial charge on any atom is -0.492 e. The van der Waals surface area contributed by atoms with Crippen LogP contribution in [-0.2, 0) is 4.79 Å². The van der Waals surface area contributed by atoms with Crippen LogP contribution in [0, 0.1) is 17.7 Å². The molecule has 1 aliphatic heterocycles. The Kier molecular flexibility index (Phi) is 6.08. The van der Waals surface area contributed by atoms with Gasteiger partial charge in [0, 0.05) is 24.5 Å². The van der Waals surface area contributed by atoms with Gasteiger partial charge in [-0.25, -0.2) is 4.39 Å². The molecule has 2 aliphatic rings. The van der Waals surface area contributed by atoms with Gasteiger partial charge in [-0.05, 0) is 56.2 Å². The van der Waals surface area contributed by atoms with E-state index in [4.69, 9.17) is 22.1 Å². The molecule has 0 spiro atoms. The van der Waals surface area contributed by atoms with Gasteiger partial charge in [-0.2, -0.15) is 0 Å². The Morgan fingerprint density at radius 1 is 1.38 bits per heavy atom. The van der Waals surface area contributed by atoms with Gasteiger partial charge in [0.15, 0.2) is 0 Å². The molecule has 6 heteroatoms. The van der Waals surface area contributed by atoms with Gasteiger partial charge in [-0.3, -0.25) is 4.79 Å². The van der Waals surface area contributed by atoms with Crippen LogP contribution in [0.4, 0.5) is 4.39 Å². The predicted molar refractivity (Wildman–Crippen MR) is 101 cm³/mol. The standard InChI is InChI=1S/C20H28ClFN2O2/c1-2-7-20(23)11-15(12-20)19(25)24-8-5-14(6-9-24)13-26-18-4-3-16(22)10-17(18)21/h3-4,10,14-15H,2,5-9,11-13,23H2,1H3. The van der Waals surface area contributed by atoms with Crippen LogP contribution in [0.5, 0.6) is 5.75 Å². The Bertz CT molecular complexity index is 641. The average molecular weight is 383 g/mol. The SMILES string of the molecule is CCCC1(N)CC(C(=O)N2CCC(COc3ccc(F)cc3Cl)CC2)C1. The van der Waals surface area contributed by atoms with Crippen molar-refractivity contribution in [3.8, 4) is 5.75 Å². The monoisotopic (exact) mass is 382 g/mol. The van der Waals surface area contributed by atoms with E-state index in [9.17, 15) is 9.18 Å². The van der Waals surface area contributed by atoms with Crippen LogP contribution < -0.4 is 10.5 Å². The van der Waals surface area contributed by atoms with Crippen molar-refractivity contribution in [1.82, 2.24) is 4.90 Å². The molecule has 3 rings (SSSR count). The van der Waals surface area contributed by atoms with Crippen molar-refractivity contribution in [2.45, 2.75) is 51.0 Å². The lowest BCUT2D eigenvalue weighted by atomic mass is 9.66. The molecule has 2 N–H and O–H groups in total. The number of nitrogens with zero attached hydrogens (tertiary/aromatic N) is 1. The summed E-state index contributed by atoms with van der Waals surface area (Å²) in [7, 11) is 0. The molecule has 1 saturated heterocycles. The predicted octanol–water partition coefficient (Wildman–Crippen LogP) is 4.00. The van der Waals surface area contributed by atoms with E-state index in [0.717, 1.165) is 51.6 Å². The first-order valence-corrected chi connectivity index (χ1v) is 9.93. The molecule has 0 radical (unpaired) electrons. The maximum atomic E-state index is 13.1. The van der Waals surface area contributed by atoms with Crippen molar-refractivity contribution in [2.24, 2.45) is 17.6 Å². The van der Waals surface area contributed by atoms with Crippen molar-refractivity contribution in [3.63, 3.8) is 0 Å². The third kappa shape index (κ3) is 4.49. The van der Waals surface area contributed by atoms with Crippen LogP contribution in [0.3, 0.4) is 0 Å². The Morgan fingerprint density at radius 2 is 2.08 bits per heavy atom. The molecule has 1 saturated carbocycles. The Hall–Kier alpha value is -1.33. The maximum absolute atomic E-state index is 13.1. The summed E-state index contributed by atoms with van der Waals surface area (Å²) in [6.45, 7) is 4.21. The highest BCUT2D eigenvalue weighted by atomic mass is 35.5. The first-order valence-electron chi connectivity index (χ1n) is 9.56. The fourth-order valence-electron chi connectivity index (χ4n) is 4.18. The quantitative estimate of drug-likeness (QED) is 0.808. The number of likely N-dealkylation sites (tertiary alicyclic amines) is 1. The van der Waals surface area contributed by atoms with Crippen molar-refractivity contribution < 1.29 is 13.9 Å². The van der Waals surface area contributed by atoms with Crippen molar-refractivity contribution >= 4 is 17.5 Å². The number of piperidine rings is 1. The van der Waals surface area contributed by atoms with Gasteiger partial charge >= 0.3 is 0 Å². The molecule has 26 heavy (non-hydrogen) atoms.